The predicted molar refractivity (Wildman–Crippen MR) is 77.5 cm³/mol. The second kappa shape index (κ2) is 5.42. The van der Waals surface area contributed by atoms with Crippen LogP contribution in [0, 0.1) is 12.3 Å². The Labute approximate surface area is 109 Å². The number of benzene rings is 1. The van der Waals surface area contributed by atoms with Gasteiger partial charge in [0.1, 0.15) is 5.84 Å². The Balaban J connectivity index is 2.37. The number of hydrogen-bond acceptors (Lipinski definition) is 2. The Morgan fingerprint density at radius 2 is 2.06 bits per heavy atom. The van der Waals surface area contributed by atoms with E-state index in [4.69, 9.17) is 11.1 Å². The highest BCUT2D eigenvalue weighted by molar-refractivity contribution is 6.00. The van der Waals surface area contributed by atoms with E-state index in [2.05, 4.69) is 24.0 Å². The van der Waals surface area contributed by atoms with Gasteiger partial charge in [0, 0.05) is 23.8 Å². The van der Waals surface area contributed by atoms with Gasteiger partial charge in [-0.15, -0.1) is 0 Å². The van der Waals surface area contributed by atoms with Crippen LogP contribution in [0.2, 0.25) is 0 Å². The van der Waals surface area contributed by atoms with Crippen LogP contribution in [0.25, 0.3) is 0 Å². The van der Waals surface area contributed by atoms with Crippen LogP contribution in [0.4, 0.5) is 5.69 Å². The fraction of sp³-hybridized carbons (Fsp3) is 0.533. The maximum atomic E-state index is 7.76. The van der Waals surface area contributed by atoms with Crippen LogP contribution in [0.5, 0.6) is 0 Å². The molecule has 1 aromatic carbocycles. The van der Waals surface area contributed by atoms with E-state index in [9.17, 15) is 0 Å². The molecule has 3 N–H and O–H groups in total. The maximum absolute atomic E-state index is 7.76. The third-order valence-corrected chi connectivity index (χ3v) is 3.86. The van der Waals surface area contributed by atoms with Crippen molar-refractivity contribution in [2.24, 2.45) is 5.73 Å². The lowest BCUT2D eigenvalue weighted by molar-refractivity contribution is 0.619. The van der Waals surface area contributed by atoms with E-state index in [0.717, 1.165) is 23.4 Å². The summed E-state index contributed by atoms with van der Waals surface area (Å²) < 4.78 is 0. The van der Waals surface area contributed by atoms with Crippen LogP contribution in [-0.4, -0.2) is 18.4 Å². The van der Waals surface area contributed by atoms with Gasteiger partial charge in [0.05, 0.1) is 0 Å². The molecule has 3 nitrogen and oxygen atoms in total. The molecular weight excluding hydrogens is 222 g/mol. The van der Waals surface area contributed by atoms with E-state index < -0.39 is 0 Å². The number of anilines is 1. The zero-order valence-corrected chi connectivity index (χ0v) is 11.4. The lowest BCUT2D eigenvalue weighted by atomic mass is 10.1. The van der Waals surface area contributed by atoms with E-state index in [0.29, 0.717) is 6.04 Å². The van der Waals surface area contributed by atoms with Gasteiger partial charge in [-0.25, -0.2) is 0 Å². The summed E-state index contributed by atoms with van der Waals surface area (Å²) in [5, 5.41) is 7.76. The molecule has 1 saturated carbocycles. The van der Waals surface area contributed by atoms with Crippen molar-refractivity contribution in [1.29, 1.82) is 5.41 Å². The molecular formula is C15H23N3. The van der Waals surface area contributed by atoms with Gasteiger partial charge >= 0.3 is 0 Å². The van der Waals surface area contributed by atoms with Crippen LogP contribution in [-0.2, 0) is 0 Å². The van der Waals surface area contributed by atoms with Crippen LogP contribution in [0.15, 0.2) is 18.2 Å². The highest BCUT2D eigenvalue weighted by Gasteiger charge is 2.23. The van der Waals surface area contributed by atoms with E-state index in [1.165, 1.54) is 25.7 Å². The van der Waals surface area contributed by atoms with Crippen molar-refractivity contribution < 1.29 is 0 Å². The van der Waals surface area contributed by atoms with E-state index in [1.807, 2.05) is 13.0 Å². The number of nitrogens with one attached hydrogen (secondary N) is 1. The van der Waals surface area contributed by atoms with Crippen molar-refractivity contribution in [3.63, 3.8) is 0 Å². The molecule has 2 rings (SSSR count). The fourth-order valence-electron chi connectivity index (χ4n) is 2.96. The summed E-state index contributed by atoms with van der Waals surface area (Å²) in [6.07, 6.45) is 5.17. The largest absolute Gasteiger partial charge is 0.384 e. The maximum Gasteiger partial charge on any atom is 0.124 e. The number of nitrogens with zero attached hydrogens (tertiary/aromatic N) is 1. The van der Waals surface area contributed by atoms with Crippen molar-refractivity contribution in [3.8, 4) is 0 Å². The first kappa shape index (κ1) is 12.9. The van der Waals surface area contributed by atoms with Crippen molar-refractivity contribution >= 4 is 11.5 Å². The number of aryl methyl sites for hydroxylation is 1. The molecule has 0 bridgehead atoms. The first-order chi connectivity index (χ1) is 8.63. The Morgan fingerprint density at radius 1 is 1.39 bits per heavy atom. The van der Waals surface area contributed by atoms with Gasteiger partial charge in [-0.05, 0) is 38.8 Å². The SMILES string of the molecule is CCN(c1ccc(C)cc1C(=N)N)C1CCCC1. The molecule has 18 heavy (non-hydrogen) atoms. The molecule has 0 heterocycles. The number of nitrogens with two attached hydrogens (primary N) is 1. The number of nitrogen functional groups attached to an aromatic ring is 1. The zero-order chi connectivity index (χ0) is 13.1. The summed E-state index contributed by atoms with van der Waals surface area (Å²) in [7, 11) is 0. The number of hydrogen-bond donors (Lipinski definition) is 2. The van der Waals surface area contributed by atoms with Gasteiger partial charge in [-0.1, -0.05) is 24.5 Å². The molecule has 1 aliphatic carbocycles. The second-order valence-corrected chi connectivity index (χ2v) is 5.16. The molecule has 0 saturated heterocycles. The minimum absolute atomic E-state index is 0.171. The van der Waals surface area contributed by atoms with Crippen molar-refractivity contribution in [1.82, 2.24) is 0 Å². The molecule has 0 amide bonds. The van der Waals surface area contributed by atoms with Gasteiger partial charge in [0.2, 0.25) is 0 Å². The Kier molecular flexibility index (Phi) is 3.90. The molecule has 0 unspecified atom stereocenters. The van der Waals surface area contributed by atoms with Gasteiger partial charge in [-0.2, -0.15) is 0 Å². The molecule has 98 valence electrons. The Bertz CT molecular complexity index is 433. The highest BCUT2D eigenvalue weighted by atomic mass is 15.2. The average Bonchev–Trinajstić information content (AvgIpc) is 2.85. The molecule has 0 radical (unpaired) electrons. The standard InChI is InChI=1S/C15H23N3/c1-3-18(12-6-4-5-7-12)14-9-8-11(2)10-13(14)15(16)17/h8-10,12H,3-7H2,1-2H3,(H3,16,17). The van der Waals surface area contributed by atoms with E-state index in [1.54, 1.807) is 0 Å². The molecule has 0 aliphatic heterocycles. The van der Waals surface area contributed by atoms with Crippen LogP contribution < -0.4 is 10.6 Å². The summed E-state index contributed by atoms with van der Waals surface area (Å²) in [6.45, 7) is 5.21. The summed E-state index contributed by atoms with van der Waals surface area (Å²) in [5.74, 6) is 0.171. The van der Waals surface area contributed by atoms with Crippen molar-refractivity contribution in [3.05, 3.63) is 29.3 Å². The zero-order valence-electron chi connectivity index (χ0n) is 11.4. The molecule has 0 atom stereocenters. The van der Waals surface area contributed by atoms with Crippen molar-refractivity contribution in [2.75, 3.05) is 11.4 Å². The molecule has 1 aliphatic rings. The smallest absolute Gasteiger partial charge is 0.124 e. The monoisotopic (exact) mass is 245 g/mol. The Morgan fingerprint density at radius 3 is 2.61 bits per heavy atom. The minimum Gasteiger partial charge on any atom is -0.384 e. The number of amidine groups is 1. The third kappa shape index (κ3) is 2.50. The normalized spacial score (nSPS) is 15.9. The third-order valence-electron chi connectivity index (χ3n) is 3.86. The van der Waals surface area contributed by atoms with E-state index in [-0.39, 0.29) is 5.84 Å². The molecule has 0 aromatic heterocycles. The Hall–Kier alpha value is -1.51. The van der Waals surface area contributed by atoms with Crippen molar-refractivity contribution in [2.45, 2.75) is 45.6 Å². The quantitative estimate of drug-likeness (QED) is 0.633. The fourth-order valence-corrected chi connectivity index (χ4v) is 2.96. The first-order valence-corrected chi connectivity index (χ1v) is 6.85. The van der Waals surface area contributed by atoms with E-state index >= 15 is 0 Å². The summed E-state index contributed by atoms with van der Waals surface area (Å²) in [5.41, 5.74) is 8.90. The van der Waals surface area contributed by atoms with Gasteiger partial charge in [0.15, 0.2) is 0 Å². The predicted octanol–water partition coefficient (Wildman–Crippen LogP) is 3.05. The lowest BCUT2D eigenvalue weighted by Crippen LogP contribution is -2.34. The first-order valence-electron chi connectivity index (χ1n) is 6.85. The summed E-state index contributed by atoms with van der Waals surface area (Å²) in [6, 6.07) is 6.87. The van der Waals surface area contributed by atoms with Gasteiger partial charge < -0.3 is 10.6 Å². The molecule has 1 aromatic rings. The highest BCUT2D eigenvalue weighted by Crippen LogP contribution is 2.30. The minimum atomic E-state index is 0.171. The average molecular weight is 245 g/mol. The van der Waals surface area contributed by atoms with Gasteiger partial charge in [0.25, 0.3) is 0 Å². The lowest BCUT2D eigenvalue weighted by Gasteiger charge is -2.31. The molecule has 3 heteroatoms. The van der Waals surface area contributed by atoms with Crippen LogP contribution in [0.1, 0.15) is 43.7 Å². The summed E-state index contributed by atoms with van der Waals surface area (Å²) >= 11 is 0. The van der Waals surface area contributed by atoms with Crippen LogP contribution in [0.3, 0.4) is 0 Å². The number of rotatable bonds is 4. The topological polar surface area (TPSA) is 53.1 Å². The molecule has 0 spiro atoms. The van der Waals surface area contributed by atoms with Crippen LogP contribution >= 0.6 is 0 Å². The summed E-state index contributed by atoms with van der Waals surface area (Å²) in [4.78, 5) is 2.42. The molecule has 1 fully saturated rings. The van der Waals surface area contributed by atoms with Gasteiger partial charge in [-0.3, -0.25) is 5.41 Å². The second-order valence-electron chi connectivity index (χ2n) is 5.16.